The Morgan fingerprint density at radius 2 is 2.14 bits per heavy atom. The van der Waals surface area contributed by atoms with Crippen molar-refractivity contribution in [3.05, 3.63) is 29.3 Å². The van der Waals surface area contributed by atoms with Crippen LogP contribution in [0.3, 0.4) is 0 Å². The Balaban J connectivity index is 1.46. The van der Waals surface area contributed by atoms with Gasteiger partial charge in [0.1, 0.15) is 0 Å². The number of benzene rings is 1. The summed E-state index contributed by atoms with van der Waals surface area (Å²) in [5, 5.41) is 4.58. The maximum atomic E-state index is 11.7. The number of halogens is 1. The number of hydrogen-bond donors (Lipinski definition) is 1. The van der Waals surface area contributed by atoms with Gasteiger partial charge in [-0.25, -0.2) is 0 Å². The number of thioether (sulfide) groups is 1. The summed E-state index contributed by atoms with van der Waals surface area (Å²) < 4.78 is 0. The second-order valence-corrected chi connectivity index (χ2v) is 9.62. The van der Waals surface area contributed by atoms with E-state index in [2.05, 4.69) is 5.32 Å². The van der Waals surface area contributed by atoms with Crippen LogP contribution >= 0.6 is 45.0 Å². The summed E-state index contributed by atoms with van der Waals surface area (Å²) in [5.41, 5.74) is 0. The molecule has 1 fully saturated rings. The second kappa shape index (κ2) is 10.7. The minimum absolute atomic E-state index is 0.185. The first-order valence-corrected chi connectivity index (χ1v) is 11.4. The van der Waals surface area contributed by atoms with Crippen LogP contribution in [0.5, 0.6) is 0 Å². The van der Waals surface area contributed by atoms with Gasteiger partial charge < -0.3 is 5.32 Å². The lowest BCUT2D eigenvalue weighted by molar-refractivity contribution is -0.121. The van der Waals surface area contributed by atoms with Crippen molar-refractivity contribution < 1.29 is 4.79 Å². The number of carbonyl (C=O) groups is 1. The van der Waals surface area contributed by atoms with E-state index in [1.165, 1.54) is 29.9 Å². The number of unbranched alkanes of at least 4 members (excludes halogenated alkanes) is 1. The zero-order valence-electron chi connectivity index (χ0n) is 12.6. The number of rotatable bonds is 9. The molecular formula is C16H22ClNOS3. The van der Waals surface area contributed by atoms with Crippen molar-refractivity contribution in [2.75, 3.05) is 18.1 Å². The predicted molar refractivity (Wildman–Crippen MR) is 102 cm³/mol. The van der Waals surface area contributed by atoms with Crippen molar-refractivity contribution in [2.45, 2.75) is 42.2 Å². The van der Waals surface area contributed by atoms with E-state index in [9.17, 15) is 4.79 Å². The fourth-order valence-corrected chi connectivity index (χ4v) is 6.12. The van der Waals surface area contributed by atoms with Crippen LogP contribution in [-0.2, 0) is 4.79 Å². The van der Waals surface area contributed by atoms with Gasteiger partial charge in [0, 0.05) is 39.6 Å². The summed E-state index contributed by atoms with van der Waals surface area (Å²) in [5.74, 6) is 2.37. The molecule has 1 aromatic carbocycles. The molecule has 0 saturated carbocycles. The molecule has 1 atom stereocenters. The third kappa shape index (κ3) is 7.53. The van der Waals surface area contributed by atoms with E-state index < -0.39 is 0 Å². The van der Waals surface area contributed by atoms with Crippen LogP contribution in [0.25, 0.3) is 0 Å². The topological polar surface area (TPSA) is 29.1 Å². The Morgan fingerprint density at radius 3 is 2.86 bits per heavy atom. The Morgan fingerprint density at radius 1 is 1.32 bits per heavy atom. The lowest BCUT2D eigenvalue weighted by Gasteiger charge is -2.07. The van der Waals surface area contributed by atoms with E-state index in [0.717, 1.165) is 29.0 Å². The maximum absolute atomic E-state index is 11.7. The van der Waals surface area contributed by atoms with Gasteiger partial charge in [0.15, 0.2) is 0 Å². The van der Waals surface area contributed by atoms with E-state index >= 15 is 0 Å². The van der Waals surface area contributed by atoms with E-state index in [1.54, 1.807) is 11.8 Å². The highest BCUT2D eigenvalue weighted by Gasteiger charge is 2.15. The average Bonchev–Trinajstić information content (AvgIpc) is 3.03. The molecule has 1 unspecified atom stereocenters. The highest BCUT2D eigenvalue weighted by Crippen LogP contribution is 2.39. The van der Waals surface area contributed by atoms with Crippen LogP contribution in [0.1, 0.15) is 32.1 Å². The van der Waals surface area contributed by atoms with Crippen LogP contribution in [0, 0.1) is 0 Å². The second-order valence-electron chi connectivity index (χ2n) is 5.23. The quantitative estimate of drug-likeness (QED) is 0.362. The highest BCUT2D eigenvalue weighted by atomic mass is 35.5. The predicted octanol–water partition coefficient (Wildman–Crippen LogP) is 5.26. The zero-order valence-corrected chi connectivity index (χ0v) is 15.8. The van der Waals surface area contributed by atoms with Crippen LogP contribution in [0.4, 0.5) is 0 Å². The molecule has 1 aromatic rings. The van der Waals surface area contributed by atoms with Gasteiger partial charge in [0.25, 0.3) is 0 Å². The molecule has 1 saturated heterocycles. The molecule has 1 aliphatic rings. The van der Waals surface area contributed by atoms with Crippen molar-refractivity contribution in [1.29, 1.82) is 0 Å². The van der Waals surface area contributed by atoms with Crippen molar-refractivity contribution in [2.24, 2.45) is 0 Å². The summed E-state index contributed by atoms with van der Waals surface area (Å²) in [6.45, 7) is 0.723. The Kier molecular flexibility index (Phi) is 8.97. The molecule has 0 radical (unpaired) electrons. The molecule has 22 heavy (non-hydrogen) atoms. The minimum Gasteiger partial charge on any atom is -0.355 e. The molecule has 2 rings (SSSR count). The monoisotopic (exact) mass is 375 g/mol. The minimum atomic E-state index is 0.185. The number of hydrogen-bond acceptors (Lipinski definition) is 4. The molecule has 1 amide bonds. The van der Waals surface area contributed by atoms with Gasteiger partial charge in [-0.15, -0.1) is 11.8 Å². The van der Waals surface area contributed by atoms with Crippen LogP contribution < -0.4 is 5.32 Å². The van der Waals surface area contributed by atoms with Gasteiger partial charge in [-0.05, 0) is 43.5 Å². The molecule has 0 spiro atoms. The maximum Gasteiger partial charge on any atom is 0.220 e. The van der Waals surface area contributed by atoms with E-state index in [-0.39, 0.29) is 5.91 Å². The summed E-state index contributed by atoms with van der Waals surface area (Å²) in [6.07, 6.45) is 5.44. The first kappa shape index (κ1) is 18.4. The van der Waals surface area contributed by atoms with Crippen molar-refractivity contribution in [1.82, 2.24) is 5.32 Å². The molecule has 1 heterocycles. The van der Waals surface area contributed by atoms with Gasteiger partial charge in [0.05, 0.1) is 0 Å². The smallest absolute Gasteiger partial charge is 0.220 e. The van der Waals surface area contributed by atoms with Crippen molar-refractivity contribution >= 4 is 50.9 Å². The van der Waals surface area contributed by atoms with E-state index in [0.29, 0.717) is 6.42 Å². The summed E-state index contributed by atoms with van der Waals surface area (Å²) in [7, 11) is 4.01. The molecule has 1 N–H and O–H groups in total. The number of amides is 1. The fourth-order valence-electron chi connectivity index (χ4n) is 2.20. The third-order valence-electron chi connectivity index (χ3n) is 3.41. The summed E-state index contributed by atoms with van der Waals surface area (Å²) in [4.78, 5) is 12.9. The van der Waals surface area contributed by atoms with Gasteiger partial charge in [0.2, 0.25) is 5.91 Å². The third-order valence-corrected chi connectivity index (χ3v) is 7.69. The SMILES string of the molecule is O=C(CCCCC1CCSS1)NCCSc1ccc(Cl)cc1. The highest BCUT2D eigenvalue weighted by molar-refractivity contribution is 8.77. The Hall–Kier alpha value is 0.0300. The summed E-state index contributed by atoms with van der Waals surface area (Å²) >= 11 is 7.59. The Labute approximate surface area is 150 Å². The van der Waals surface area contributed by atoms with Gasteiger partial charge in [-0.3, -0.25) is 4.79 Å². The molecule has 1 aliphatic heterocycles. The first-order chi connectivity index (χ1) is 10.7. The summed E-state index contributed by atoms with van der Waals surface area (Å²) in [6, 6.07) is 7.80. The van der Waals surface area contributed by atoms with Crippen LogP contribution in [0.15, 0.2) is 29.2 Å². The molecule has 0 bridgehead atoms. The lowest BCUT2D eigenvalue weighted by atomic mass is 10.1. The van der Waals surface area contributed by atoms with Crippen LogP contribution in [0.2, 0.25) is 5.02 Å². The molecule has 122 valence electrons. The largest absolute Gasteiger partial charge is 0.355 e. The number of carbonyl (C=O) groups excluding carboxylic acids is 1. The normalized spacial score (nSPS) is 17.6. The standard InChI is InChI=1S/C16H22ClNOS3/c17-13-5-7-14(8-6-13)20-12-10-18-16(19)4-2-1-3-15-9-11-21-22-15/h5-8,15H,1-4,9-12H2,(H,18,19). The molecule has 0 aromatic heterocycles. The van der Waals surface area contributed by atoms with Crippen molar-refractivity contribution in [3.63, 3.8) is 0 Å². The Bertz CT molecular complexity index is 449. The van der Waals surface area contributed by atoms with E-state index in [4.69, 9.17) is 11.6 Å². The van der Waals surface area contributed by atoms with E-state index in [1.807, 2.05) is 45.9 Å². The van der Waals surface area contributed by atoms with Gasteiger partial charge in [-0.1, -0.05) is 39.6 Å². The molecule has 6 heteroatoms. The lowest BCUT2D eigenvalue weighted by Crippen LogP contribution is -2.25. The molecule has 0 aliphatic carbocycles. The first-order valence-electron chi connectivity index (χ1n) is 7.67. The zero-order chi connectivity index (χ0) is 15.6. The fraction of sp³-hybridized carbons (Fsp3) is 0.562. The van der Waals surface area contributed by atoms with Gasteiger partial charge >= 0.3 is 0 Å². The van der Waals surface area contributed by atoms with Crippen molar-refractivity contribution in [3.8, 4) is 0 Å². The molecule has 2 nitrogen and oxygen atoms in total. The van der Waals surface area contributed by atoms with Crippen LogP contribution in [-0.4, -0.2) is 29.2 Å². The average molecular weight is 376 g/mol. The number of nitrogens with one attached hydrogen (secondary N) is 1. The molecular weight excluding hydrogens is 354 g/mol. The van der Waals surface area contributed by atoms with Gasteiger partial charge in [-0.2, -0.15) is 0 Å².